The maximum Gasteiger partial charge on any atom is 0.328 e. The van der Waals surface area contributed by atoms with Crippen LogP contribution in [-0.4, -0.2) is 16.2 Å². The number of hydrogen-bond acceptors (Lipinski definition) is 2. The highest BCUT2D eigenvalue weighted by Crippen LogP contribution is 2.26. The summed E-state index contributed by atoms with van der Waals surface area (Å²) in [6, 6.07) is 6.61. The summed E-state index contributed by atoms with van der Waals surface area (Å²) in [5, 5.41) is 3.38. The average Bonchev–Trinajstić information content (AvgIpc) is 2.64. The standard InChI is InChI=1S/C15H23N3O/c1-6-10(2)14(16-3)11-7-8-12-13(9-11)18(5)15(19)17(12)4/h7-10,14,16H,6H2,1-5H3. The zero-order valence-electron chi connectivity index (χ0n) is 12.4. The molecule has 2 rings (SSSR count). The summed E-state index contributed by atoms with van der Waals surface area (Å²) in [6.45, 7) is 4.45. The van der Waals surface area contributed by atoms with Crippen molar-refractivity contribution in [2.45, 2.75) is 26.3 Å². The van der Waals surface area contributed by atoms with E-state index in [1.165, 1.54) is 5.56 Å². The number of imidazole rings is 1. The molecule has 1 heterocycles. The highest BCUT2D eigenvalue weighted by Gasteiger charge is 2.17. The zero-order chi connectivity index (χ0) is 14.2. The molecule has 4 nitrogen and oxygen atoms in total. The lowest BCUT2D eigenvalue weighted by Crippen LogP contribution is -2.23. The summed E-state index contributed by atoms with van der Waals surface area (Å²) in [7, 11) is 5.63. The minimum Gasteiger partial charge on any atom is -0.313 e. The van der Waals surface area contributed by atoms with Gasteiger partial charge in [0.1, 0.15) is 0 Å². The summed E-state index contributed by atoms with van der Waals surface area (Å²) < 4.78 is 3.40. The third-order valence-corrected chi connectivity index (χ3v) is 4.18. The summed E-state index contributed by atoms with van der Waals surface area (Å²) >= 11 is 0. The van der Waals surface area contributed by atoms with Crippen LogP contribution in [0.2, 0.25) is 0 Å². The molecule has 0 radical (unpaired) electrons. The van der Waals surface area contributed by atoms with E-state index in [4.69, 9.17) is 0 Å². The third-order valence-electron chi connectivity index (χ3n) is 4.18. The van der Waals surface area contributed by atoms with Crippen molar-refractivity contribution < 1.29 is 0 Å². The largest absolute Gasteiger partial charge is 0.328 e. The molecule has 0 spiro atoms. The molecular formula is C15H23N3O. The predicted molar refractivity (Wildman–Crippen MR) is 79.4 cm³/mol. The average molecular weight is 261 g/mol. The zero-order valence-corrected chi connectivity index (χ0v) is 12.4. The highest BCUT2D eigenvalue weighted by molar-refractivity contribution is 5.77. The molecule has 2 aromatic rings. The Morgan fingerprint density at radius 2 is 1.84 bits per heavy atom. The summed E-state index contributed by atoms with van der Waals surface area (Å²) in [5.74, 6) is 0.559. The Balaban J connectivity index is 2.58. The predicted octanol–water partition coefficient (Wildman–Crippen LogP) is 2.18. The number of nitrogens with one attached hydrogen (secondary N) is 1. The topological polar surface area (TPSA) is 39.0 Å². The van der Waals surface area contributed by atoms with E-state index in [9.17, 15) is 4.79 Å². The molecule has 1 aromatic carbocycles. The van der Waals surface area contributed by atoms with Crippen LogP contribution in [0.3, 0.4) is 0 Å². The number of rotatable bonds is 4. The van der Waals surface area contributed by atoms with Crippen molar-refractivity contribution in [2.24, 2.45) is 20.0 Å². The minimum atomic E-state index is 0.0247. The molecule has 0 aliphatic carbocycles. The van der Waals surface area contributed by atoms with Crippen molar-refractivity contribution in [1.29, 1.82) is 0 Å². The first-order valence-electron chi connectivity index (χ1n) is 6.83. The quantitative estimate of drug-likeness (QED) is 0.916. The molecule has 0 saturated carbocycles. The van der Waals surface area contributed by atoms with Crippen LogP contribution in [-0.2, 0) is 14.1 Å². The fourth-order valence-corrected chi connectivity index (χ4v) is 2.73. The molecule has 0 aliphatic rings. The SMILES string of the molecule is CCC(C)C(NC)c1ccc2c(c1)n(C)c(=O)n2C. The monoisotopic (exact) mass is 261 g/mol. The first kappa shape index (κ1) is 13.9. The molecule has 2 unspecified atom stereocenters. The van der Waals surface area contributed by atoms with Crippen LogP contribution in [0.25, 0.3) is 11.0 Å². The third kappa shape index (κ3) is 2.21. The number of fused-ring (bicyclic) bond motifs is 1. The van der Waals surface area contributed by atoms with E-state index in [0.29, 0.717) is 12.0 Å². The molecule has 0 bridgehead atoms. The Labute approximate surface area is 114 Å². The molecule has 0 saturated heterocycles. The maximum atomic E-state index is 11.9. The van der Waals surface area contributed by atoms with Crippen molar-refractivity contribution in [2.75, 3.05) is 7.05 Å². The molecule has 0 amide bonds. The molecule has 1 N–H and O–H groups in total. The summed E-state index contributed by atoms with van der Waals surface area (Å²) in [6.07, 6.45) is 1.12. The second-order valence-electron chi connectivity index (χ2n) is 5.30. The van der Waals surface area contributed by atoms with Gasteiger partial charge in [0.15, 0.2) is 0 Å². The van der Waals surface area contributed by atoms with Gasteiger partial charge in [-0.3, -0.25) is 9.13 Å². The van der Waals surface area contributed by atoms with Crippen LogP contribution < -0.4 is 11.0 Å². The number of benzene rings is 1. The van der Waals surface area contributed by atoms with E-state index in [1.54, 1.807) is 9.13 Å². The lowest BCUT2D eigenvalue weighted by Gasteiger charge is -2.23. The minimum absolute atomic E-state index is 0.0247. The van der Waals surface area contributed by atoms with Crippen molar-refractivity contribution >= 4 is 11.0 Å². The first-order valence-corrected chi connectivity index (χ1v) is 6.83. The molecule has 19 heavy (non-hydrogen) atoms. The van der Waals surface area contributed by atoms with Gasteiger partial charge in [-0.15, -0.1) is 0 Å². The fourth-order valence-electron chi connectivity index (χ4n) is 2.73. The van der Waals surface area contributed by atoms with E-state index >= 15 is 0 Å². The molecule has 1 aromatic heterocycles. The molecule has 104 valence electrons. The van der Waals surface area contributed by atoms with E-state index < -0.39 is 0 Å². The summed E-state index contributed by atoms with van der Waals surface area (Å²) in [4.78, 5) is 11.9. The smallest absolute Gasteiger partial charge is 0.313 e. The van der Waals surface area contributed by atoms with Gasteiger partial charge in [0.25, 0.3) is 0 Å². The fraction of sp³-hybridized carbons (Fsp3) is 0.533. The number of aromatic nitrogens is 2. The van der Waals surface area contributed by atoms with E-state index in [2.05, 4.69) is 31.3 Å². The van der Waals surface area contributed by atoms with Crippen molar-refractivity contribution in [1.82, 2.24) is 14.5 Å². The van der Waals surface area contributed by atoms with Gasteiger partial charge in [-0.1, -0.05) is 26.3 Å². The second-order valence-corrected chi connectivity index (χ2v) is 5.30. The van der Waals surface area contributed by atoms with Gasteiger partial charge in [-0.05, 0) is 30.7 Å². The van der Waals surface area contributed by atoms with Crippen molar-refractivity contribution in [3.63, 3.8) is 0 Å². The van der Waals surface area contributed by atoms with Crippen LogP contribution in [0.1, 0.15) is 31.9 Å². The number of nitrogens with zero attached hydrogens (tertiary/aromatic N) is 2. The van der Waals surface area contributed by atoms with E-state index in [1.807, 2.05) is 27.2 Å². The van der Waals surface area contributed by atoms with Crippen molar-refractivity contribution in [3.05, 3.63) is 34.2 Å². The van der Waals surface area contributed by atoms with Gasteiger partial charge in [0.2, 0.25) is 0 Å². The molecule has 4 heteroatoms. The van der Waals surface area contributed by atoms with Crippen LogP contribution in [0.15, 0.2) is 23.0 Å². The van der Waals surface area contributed by atoms with E-state index in [-0.39, 0.29) is 5.69 Å². The van der Waals surface area contributed by atoms with Crippen LogP contribution in [0.5, 0.6) is 0 Å². The Hall–Kier alpha value is -1.55. The van der Waals surface area contributed by atoms with Gasteiger partial charge in [-0.25, -0.2) is 4.79 Å². The Morgan fingerprint density at radius 3 is 2.42 bits per heavy atom. The Bertz CT molecular complexity index is 639. The van der Waals surface area contributed by atoms with Gasteiger partial charge in [0, 0.05) is 20.1 Å². The van der Waals surface area contributed by atoms with Crippen LogP contribution >= 0.6 is 0 Å². The van der Waals surface area contributed by atoms with Gasteiger partial charge in [0.05, 0.1) is 11.0 Å². The Morgan fingerprint density at radius 1 is 1.21 bits per heavy atom. The summed E-state index contributed by atoms with van der Waals surface area (Å²) in [5.41, 5.74) is 3.24. The highest BCUT2D eigenvalue weighted by atomic mass is 16.1. The van der Waals surface area contributed by atoms with Crippen LogP contribution in [0, 0.1) is 5.92 Å². The van der Waals surface area contributed by atoms with Crippen molar-refractivity contribution in [3.8, 4) is 0 Å². The van der Waals surface area contributed by atoms with E-state index in [0.717, 1.165) is 17.5 Å². The maximum absolute atomic E-state index is 11.9. The van der Waals surface area contributed by atoms with Gasteiger partial charge in [-0.2, -0.15) is 0 Å². The van der Waals surface area contributed by atoms with Gasteiger partial charge < -0.3 is 5.32 Å². The van der Waals surface area contributed by atoms with Gasteiger partial charge >= 0.3 is 5.69 Å². The van der Waals surface area contributed by atoms with Crippen LogP contribution in [0.4, 0.5) is 0 Å². The number of aryl methyl sites for hydroxylation is 2. The molecule has 0 aliphatic heterocycles. The Kier molecular flexibility index (Phi) is 3.80. The lowest BCUT2D eigenvalue weighted by atomic mass is 9.92. The molecule has 2 atom stereocenters. The molecule has 0 fully saturated rings. The lowest BCUT2D eigenvalue weighted by molar-refractivity contribution is 0.400. The number of hydrogen-bond donors (Lipinski definition) is 1. The second kappa shape index (κ2) is 5.21. The first-order chi connectivity index (χ1) is 9.01. The normalized spacial score (nSPS) is 14.8. The molecular weight excluding hydrogens is 238 g/mol.